The Bertz CT molecular complexity index is 690. The van der Waals surface area contributed by atoms with E-state index < -0.39 is 29.5 Å². The average Bonchev–Trinajstić information content (AvgIpc) is 2.86. The minimum Gasteiger partial charge on any atom is -0.393 e. The molecule has 4 rings (SSSR count). The van der Waals surface area contributed by atoms with Gasteiger partial charge in [-0.25, -0.2) is 0 Å². The van der Waals surface area contributed by atoms with Crippen LogP contribution in [0.4, 0.5) is 0 Å². The van der Waals surface area contributed by atoms with Crippen LogP contribution in [0, 0.1) is 28.6 Å². The number of hydrogen-bond acceptors (Lipinski definition) is 5. The predicted octanol–water partition coefficient (Wildman–Crippen LogP) is 0.865. The Morgan fingerprint density at radius 1 is 1.22 bits per heavy atom. The highest BCUT2D eigenvalue weighted by molar-refractivity contribution is 5.91. The van der Waals surface area contributed by atoms with E-state index in [4.69, 9.17) is 0 Å². The van der Waals surface area contributed by atoms with Crippen molar-refractivity contribution in [2.45, 2.75) is 70.5 Å². The first-order chi connectivity index (χ1) is 12.2. The third-order valence-corrected chi connectivity index (χ3v) is 8.65. The summed E-state index contributed by atoms with van der Waals surface area (Å²) in [6.07, 6.45) is 5.74. The SMILES string of the molecule is C[C@]12CCC(=O)C=C1CC[C@@H]1[C@@H]2[C@@H](O)C[C@@]2(C)[C@H]1CC[C@]2(O)C(=O)CO.[MgH2]. The Hall–Kier alpha value is -0.274. The van der Waals surface area contributed by atoms with E-state index >= 15 is 0 Å². The molecule has 4 aliphatic carbocycles. The molecule has 5 nitrogen and oxygen atoms in total. The molecular weight excluding hydrogens is 357 g/mol. The highest BCUT2D eigenvalue weighted by Crippen LogP contribution is 2.67. The Kier molecular flexibility index (Phi) is 5.48. The van der Waals surface area contributed by atoms with Gasteiger partial charge in [0.2, 0.25) is 0 Å². The summed E-state index contributed by atoms with van der Waals surface area (Å²) in [6, 6.07) is 0. The molecule has 0 aliphatic heterocycles. The third-order valence-electron chi connectivity index (χ3n) is 8.65. The van der Waals surface area contributed by atoms with Gasteiger partial charge >= 0.3 is 23.1 Å². The first kappa shape index (κ1) is 21.4. The van der Waals surface area contributed by atoms with Gasteiger partial charge in [-0.2, -0.15) is 0 Å². The maximum Gasteiger partial charge on any atom is 0.316 e. The molecule has 0 aromatic carbocycles. The molecule has 0 amide bonds. The number of Topliss-reactive ketones (excluding diaryl/α,β-unsaturated/α-hetero) is 1. The second-order valence-corrected chi connectivity index (χ2v) is 9.56. The van der Waals surface area contributed by atoms with E-state index in [2.05, 4.69) is 6.92 Å². The fourth-order valence-corrected chi connectivity index (χ4v) is 7.28. The highest BCUT2D eigenvalue weighted by atomic mass is 24.3. The summed E-state index contributed by atoms with van der Waals surface area (Å²) in [5, 5.41) is 31.7. The van der Waals surface area contributed by atoms with Crippen LogP contribution in [0.2, 0.25) is 0 Å². The van der Waals surface area contributed by atoms with Crippen LogP contribution in [0.5, 0.6) is 0 Å². The fourth-order valence-electron chi connectivity index (χ4n) is 7.28. The van der Waals surface area contributed by atoms with Crippen LogP contribution in [0.15, 0.2) is 11.6 Å². The number of ketones is 2. The van der Waals surface area contributed by atoms with Gasteiger partial charge < -0.3 is 15.3 Å². The van der Waals surface area contributed by atoms with Crippen LogP contribution in [0.3, 0.4) is 0 Å². The van der Waals surface area contributed by atoms with Crippen molar-refractivity contribution in [3.05, 3.63) is 11.6 Å². The van der Waals surface area contributed by atoms with Crippen molar-refractivity contribution in [3.8, 4) is 0 Å². The molecule has 6 heteroatoms. The van der Waals surface area contributed by atoms with Crippen molar-refractivity contribution >= 4 is 34.6 Å². The summed E-state index contributed by atoms with van der Waals surface area (Å²) < 4.78 is 0. The first-order valence-electron chi connectivity index (χ1n) is 9.96. The Balaban J connectivity index is 0.00000210. The van der Waals surface area contributed by atoms with E-state index in [1.807, 2.05) is 6.92 Å². The van der Waals surface area contributed by atoms with E-state index in [0.717, 1.165) is 25.7 Å². The van der Waals surface area contributed by atoms with Gasteiger partial charge in [-0.05, 0) is 67.8 Å². The zero-order chi connectivity index (χ0) is 18.9. The molecule has 148 valence electrons. The Morgan fingerprint density at radius 3 is 2.59 bits per heavy atom. The topological polar surface area (TPSA) is 94.8 Å². The summed E-state index contributed by atoms with van der Waals surface area (Å²) in [5.41, 5.74) is -1.23. The molecule has 0 radical (unpaired) electrons. The van der Waals surface area contributed by atoms with Crippen LogP contribution in [-0.2, 0) is 9.59 Å². The monoisotopic (exact) mass is 388 g/mol. The molecule has 0 aromatic heterocycles. The summed E-state index contributed by atoms with van der Waals surface area (Å²) in [5.74, 6) is 0.140. The average molecular weight is 389 g/mol. The van der Waals surface area contributed by atoms with Gasteiger partial charge in [-0.3, -0.25) is 9.59 Å². The van der Waals surface area contributed by atoms with E-state index in [1.165, 1.54) is 5.57 Å². The lowest BCUT2D eigenvalue weighted by atomic mass is 9.45. The van der Waals surface area contributed by atoms with Crippen LogP contribution >= 0.6 is 0 Å². The standard InChI is InChI=1S/C21H30O5.Mg.2H/c1-19-7-5-13(23)9-12(19)3-4-14-15-6-8-21(26,17(25)11-22)20(15,2)10-16(24)18(14)19;;;/h9,14-16,18,22,24,26H,3-8,10-11H2,1-2H3;;;/t14-,15-,16-,18+,19-,20-,21-;;;/m0.../s1. The number of carbonyl (C=O) groups is 2. The van der Waals surface area contributed by atoms with E-state index in [9.17, 15) is 24.9 Å². The summed E-state index contributed by atoms with van der Waals surface area (Å²) in [7, 11) is 0. The van der Waals surface area contributed by atoms with Gasteiger partial charge in [0.05, 0.1) is 6.10 Å². The molecule has 0 spiro atoms. The maximum atomic E-state index is 12.4. The quantitative estimate of drug-likeness (QED) is 0.610. The van der Waals surface area contributed by atoms with Crippen molar-refractivity contribution in [1.82, 2.24) is 0 Å². The summed E-state index contributed by atoms with van der Waals surface area (Å²) in [6.45, 7) is 3.46. The molecule has 0 saturated heterocycles. The van der Waals surface area contributed by atoms with E-state index in [0.29, 0.717) is 19.3 Å². The second-order valence-electron chi connectivity index (χ2n) is 9.56. The number of aliphatic hydroxyl groups excluding tert-OH is 2. The van der Waals surface area contributed by atoms with Crippen LogP contribution in [0.1, 0.15) is 58.8 Å². The molecule has 4 aliphatic rings. The lowest BCUT2D eigenvalue weighted by molar-refractivity contribution is -0.182. The summed E-state index contributed by atoms with van der Waals surface area (Å²) >= 11 is 0. The van der Waals surface area contributed by atoms with Crippen molar-refractivity contribution in [3.63, 3.8) is 0 Å². The number of aliphatic hydroxyl groups is 3. The smallest absolute Gasteiger partial charge is 0.316 e. The van der Waals surface area contributed by atoms with Crippen LogP contribution in [0.25, 0.3) is 0 Å². The van der Waals surface area contributed by atoms with E-state index in [1.54, 1.807) is 6.08 Å². The highest BCUT2D eigenvalue weighted by Gasteiger charge is 2.68. The third kappa shape index (κ3) is 2.74. The second kappa shape index (κ2) is 6.91. The van der Waals surface area contributed by atoms with Gasteiger partial charge in [-0.1, -0.05) is 19.4 Å². The van der Waals surface area contributed by atoms with Gasteiger partial charge in [0.15, 0.2) is 11.6 Å². The minimum atomic E-state index is -1.54. The molecule has 3 N–H and O–H groups in total. The predicted molar refractivity (Wildman–Crippen MR) is 104 cm³/mol. The van der Waals surface area contributed by atoms with Crippen molar-refractivity contribution < 1.29 is 24.9 Å². The number of carbonyl (C=O) groups excluding carboxylic acids is 2. The molecule has 3 saturated carbocycles. The molecule has 3 fully saturated rings. The normalized spacial score (nSPS) is 48.6. The van der Waals surface area contributed by atoms with Crippen molar-refractivity contribution in [2.24, 2.45) is 28.6 Å². The first-order valence-corrected chi connectivity index (χ1v) is 9.96. The van der Waals surface area contributed by atoms with Gasteiger partial charge in [0, 0.05) is 11.8 Å². The molecule has 0 heterocycles. The molecule has 7 atom stereocenters. The number of allylic oxidation sites excluding steroid dienone is 1. The van der Waals surface area contributed by atoms with Gasteiger partial charge in [0.25, 0.3) is 0 Å². The lowest BCUT2D eigenvalue weighted by Gasteiger charge is -2.60. The fraction of sp³-hybridized carbons (Fsp3) is 0.810. The molecule has 0 aromatic rings. The van der Waals surface area contributed by atoms with Crippen LogP contribution < -0.4 is 0 Å². The lowest BCUT2D eigenvalue weighted by Crippen LogP contribution is -2.62. The number of fused-ring (bicyclic) bond motifs is 5. The maximum absolute atomic E-state index is 12.4. The van der Waals surface area contributed by atoms with E-state index in [-0.39, 0.29) is 52.0 Å². The zero-order valence-electron chi connectivity index (χ0n) is 15.7. The Morgan fingerprint density at radius 2 is 1.93 bits per heavy atom. The van der Waals surface area contributed by atoms with Gasteiger partial charge in [0.1, 0.15) is 12.2 Å². The molecule has 27 heavy (non-hydrogen) atoms. The molecule has 0 unspecified atom stereocenters. The van der Waals surface area contributed by atoms with Gasteiger partial charge in [-0.15, -0.1) is 0 Å². The summed E-state index contributed by atoms with van der Waals surface area (Å²) in [4.78, 5) is 24.3. The number of hydrogen-bond donors (Lipinski definition) is 3. The molecule has 0 bridgehead atoms. The minimum absolute atomic E-state index is 0. The Labute approximate surface area is 176 Å². The van der Waals surface area contributed by atoms with Crippen molar-refractivity contribution in [1.29, 1.82) is 0 Å². The molecular formula is C21H32MgO5. The number of rotatable bonds is 2. The van der Waals surface area contributed by atoms with Crippen LogP contribution in [-0.4, -0.2) is 68.3 Å². The van der Waals surface area contributed by atoms with Crippen molar-refractivity contribution in [2.75, 3.05) is 6.61 Å². The zero-order valence-corrected chi connectivity index (χ0v) is 15.7. The largest absolute Gasteiger partial charge is 0.393 e.